The summed E-state index contributed by atoms with van der Waals surface area (Å²) in [6.07, 6.45) is 0.473. The lowest BCUT2D eigenvalue weighted by Crippen LogP contribution is -2.38. The highest BCUT2D eigenvalue weighted by atomic mass is 32.2. The molecule has 0 spiro atoms. The van der Waals surface area contributed by atoms with E-state index in [4.69, 9.17) is 4.74 Å². The summed E-state index contributed by atoms with van der Waals surface area (Å²) in [6, 6.07) is 0.144. The molecular formula is C15H23N3O9S2. The lowest BCUT2D eigenvalue weighted by molar-refractivity contribution is -0.139. The maximum Gasteiger partial charge on any atom is 0.408 e. The number of carboxylic acids is 1. The Balaban J connectivity index is 3.51. The SMILES string of the molecule is CC(C)(C)OC(=O)NC(C(=O)O)c1cc(NS(C)(=O)=O)c(O)c(NS(C)(=O)=O)c1. The highest BCUT2D eigenvalue weighted by molar-refractivity contribution is 7.92. The molecule has 1 atom stereocenters. The first-order valence-electron chi connectivity index (χ1n) is 7.93. The number of carboxylic acid groups (broad SMARTS) is 1. The molecule has 29 heavy (non-hydrogen) atoms. The molecule has 1 amide bonds. The summed E-state index contributed by atoms with van der Waals surface area (Å²) in [5, 5.41) is 21.8. The van der Waals surface area contributed by atoms with Crippen molar-refractivity contribution < 1.29 is 41.4 Å². The summed E-state index contributed by atoms with van der Waals surface area (Å²) in [6.45, 7) is 4.68. The van der Waals surface area contributed by atoms with Crippen molar-refractivity contribution in [1.82, 2.24) is 5.32 Å². The van der Waals surface area contributed by atoms with Crippen molar-refractivity contribution >= 4 is 43.5 Å². The third-order valence-electron chi connectivity index (χ3n) is 2.96. The van der Waals surface area contributed by atoms with Gasteiger partial charge >= 0.3 is 12.1 Å². The Kier molecular flexibility index (Phi) is 6.97. The number of carbonyl (C=O) groups is 2. The Morgan fingerprint density at radius 1 is 1.00 bits per heavy atom. The summed E-state index contributed by atoms with van der Waals surface area (Å²) in [7, 11) is -7.83. The fraction of sp³-hybridized carbons (Fsp3) is 0.467. The summed E-state index contributed by atoms with van der Waals surface area (Å²) in [5.41, 5.74) is -2.14. The van der Waals surface area contributed by atoms with E-state index in [1.165, 1.54) is 0 Å². The van der Waals surface area contributed by atoms with Crippen LogP contribution in [0.3, 0.4) is 0 Å². The van der Waals surface area contributed by atoms with Crippen LogP contribution in [0.15, 0.2) is 12.1 Å². The van der Waals surface area contributed by atoms with Crippen molar-refractivity contribution in [3.63, 3.8) is 0 Å². The van der Waals surface area contributed by atoms with Crippen LogP contribution in [0.1, 0.15) is 32.4 Å². The Bertz CT molecular complexity index is 957. The quantitative estimate of drug-likeness (QED) is 0.372. The van der Waals surface area contributed by atoms with Crippen molar-refractivity contribution in [2.75, 3.05) is 22.0 Å². The second kappa shape index (κ2) is 8.32. The highest BCUT2D eigenvalue weighted by Crippen LogP contribution is 2.37. The molecule has 0 aliphatic heterocycles. The molecule has 0 bridgehead atoms. The molecule has 1 unspecified atom stereocenters. The number of nitrogens with one attached hydrogen (secondary N) is 3. The van der Waals surface area contributed by atoms with Gasteiger partial charge in [0.05, 0.1) is 23.9 Å². The van der Waals surface area contributed by atoms with Crippen LogP contribution >= 0.6 is 0 Å². The number of alkyl carbamates (subject to hydrolysis) is 1. The Hall–Kier alpha value is -2.74. The first kappa shape index (κ1) is 24.3. The Morgan fingerprint density at radius 2 is 1.41 bits per heavy atom. The normalized spacial score (nSPS) is 13.3. The first-order chi connectivity index (χ1) is 12.9. The topological polar surface area (TPSA) is 188 Å². The lowest BCUT2D eigenvalue weighted by atomic mass is 10.0. The van der Waals surface area contributed by atoms with Crippen LogP contribution < -0.4 is 14.8 Å². The lowest BCUT2D eigenvalue weighted by Gasteiger charge is -2.23. The number of ether oxygens (including phenoxy) is 1. The van der Waals surface area contributed by atoms with Gasteiger partial charge in [0.1, 0.15) is 5.60 Å². The monoisotopic (exact) mass is 453 g/mol. The van der Waals surface area contributed by atoms with Gasteiger partial charge in [-0.3, -0.25) is 9.44 Å². The van der Waals surface area contributed by atoms with Gasteiger partial charge < -0.3 is 20.3 Å². The van der Waals surface area contributed by atoms with Crippen LogP contribution in [-0.4, -0.2) is 57.2 Å². The number of anilines is 2. The number of amides is 1. The number of benzene rings is 1. The highest BCUT2D eigenvalue weighted by Gasteiger charge is 2.28. The van der Waals surface area contributed by atoms with Crippen LogP contribution in [0.5, 0.6) is 5.75 Å². The van der Waals surface area contributed by atoms with Gasteiger partial charge in [0.25, 0.3) is 0 Å². The number of sulfonamides is 2. The van der Waals surface area contributed by atoms with Crippen molar-refractivity contribution in [3.8, 4) is 5.75 Å². The van der Waals surface area contributed by atoms with E-state index in [2.05, 4.69) is 5.32 Å². The van der Waals surface area contributed by atoms with Crippen molar-refractivity contribution in [1.29, 1.82) is 0 Å². The van der Waals surface area contributed by atoms with Crippen LogP contribution in [-0.2, 0) is 29.6 Å². The number of carbonyl (C=O) groups excluding carboxylic acids is 1. The molecule has 1 aromatic carbocycles. The van der Waals surface area contributed by atoms with E-state index < -0.39 is 60.9 Å². The van der Waals surface area contributed by atoms with Crippen LogP contribution in [0.4, 0.5) is 16.2 Å². The second-order valence-electron chi connectivity index (χ2n) is 7.13. The molecule has 0 radical (unpaired) electrons. The van der Waals surface area contributed by atoms with Crippen molar-refractivity contribution in [3.05, 3.63) is 17.7 Å². The molecule has 5 N–H and O–H groups in total. The molecule has 14 heteroatoms. The molecule has 0 fully saturated rings. The summed E-state index contributed by atoms with van der Waals surface area (Å²) in [5.74, 6) is -2.33. The number of hydrogen-bond acceptors (Lipinski definition) is 8. The van der Waals surface area contributed by atoms with Gasteiger partial charge in [-0.15, -0.1) is 0 Å². The van der Waals surface area contributed by atoms with E-state index in [0.717, 1.165) is 24.6 Å². The molecule has 0 aliphatic carbocycles. The summed E-state index contributed by atoms with van der Waals surface area (Å²) < 4.78 is 55.0. The Morgan fingerprint density at radius 3 is 1.72 bits per heavy atom. The third kappa shape index (κ3) is 8.43. The minimum Gasteiger partial charge on any atom is -0.504 e. The zero-order valence-corrected chi connectivity index (χ0v) is 17.9. The predicted molar refractivity (Wildman–Crippen MR) is 105 cm³/mol. The average Bonchev–Trinajstić information content (AvgIpc) is 2.43. The van der Waals surface area contributed by atoms with Gasteiger partial charge in [-0.2, -0.15) is 0 Å². The van der Waals surface area contributed by atoms with Gasteiger partial charge in [0, 0.05) is 0 Å². The number of phenols is 1. The molecule has 1 rings (SSSR count). The van der Waals surface area contributed by atoms with E-state index >= 15 is 0 Å². The van der Waals surface area contributed by atoms with Crippen molar-refractivity contribution in [2.24, 2.45) is 0 Å². The van der Waals surface area contributed by atoms with Gasteiger partial charge in [-0.25, -0.2) is 26.4 Å². The van der Waals surface area contributed by atoms with E-state index in [1.54, 1.807) is 20.8 Å². The van der Waals surface area contributed by atoms with Gasteiger partial charge in [-0.1, -0.05) is 0 Å². The smallest absolute Gasteiger partial charge is 0.408 e. The average molecular weight is 453 g/mol. The zero-order valence-electron chi connectivity index (χ0n) is 16.3. The van der Waals surface area contributed by atoms with E-state index in [-0.39, 0.29) is 5.56 Å². The number of rotatable bonds is 7. The maximum atomic E-state index is 12.0. The molecule has 0 aromatic heterocycles. The molecule has 0 heterocycles. The number of hydrogen-bond donors (Lipinski definition) is 5. The summed E-state index contributed by atoms with van der Waals surface area (Å²) in [4.78, 5) is 23.6. The van der Waals surface area contributed by atoms with E-state index in [9.17, 15) is 36.6 Å². The largest absolute Gasteiger partial charge is 0.504 e. The zero-order chi connectivity index (χ0) is 22.8. The predicted octanol–water partition coefficient (Wildman–Crippen LogP) is 0.786. The van der Waals surface area contributed by atoms with E-state index in [0.29, 0.717) is 0 Å². The Labute approximate surface area is 168 Å². The molecule has 0 aliphatic rings. The van der Waals surface area contributed by atoms with Crippen molar-refractivity contribution in [2.45, 2.75) is 32.4 Å². The van der Waals surface area contributed by atoms with Gasteiger partial charge in [0.15, 0.2) is 11.8 Å². The maximum absolute atomic E-state index is 12.0. The molecule has 1 aromatic rings. The molecule has 164 valence electrons. The van der Waals surface area contributed by atoms with Crippen LogP contribution in [0.2, 0.25) is 0 Å². The minimum absolute atomic E-state index is 0.238. The number of aromatic hydroxyl groups is 1. The fourth-order valence-electron chi connectivity index (χ4n) is 2.09. The van der Waals surface area contributed by atoms with Gasteiger partial charge in [0.2, 0.25) is 20.0 Å². The number of aliphatic carboxylic acids is 1. The number of phenolic OH excluding ortho intramolecular Hbond substituents is 1. The summed E-state index contributed by atoms with van der Waals surface area (Å²) >= 11 is 0. The fourth-order valence-corrected chi connectivity index (χ4v) is 3.20. The van der Waals surface area contributed by atoms with Crippen LogP contribution in [0.25, 0.3) is 0 Å². The van der Waals surface area contributed by atoms with Crippen LogP contribution in [0, 0.1) is 0 Å². The third-order valence-corrected chi connectivity index (χ3v) is 4.15. The standard InChI is InChI=1S/C15H23N3O9S2/c1-15(2,3)27-14(22)16-11(13(20)21)8-6-9(17-28(4,23)24)12(19)10(7-8)18-29(5,25)26/h6-7,11,17-19H,1-5H3,(H,16,22)(H,20,21). The molecular weight excluding hydrogens is 430 g/mol. The molecule has 0 saturated heterocycles. The molecule has 12 nitrogen and oxygen atoms in total. The molecule has 0 saturated carbocycles. The first-order valence-corrected chi connectivity index (χ1v) is 11.7. The minimum atomic E-state index is -3.92. The second-order valence-corrected chi connectivity index (χ2v) is 10.6. The van der Waals surface area contributed by atoms with E-state index in [1.807, 2.05) is 9.44 Å². The van der Waals surface area contributed by atoms with Gasteiger partial charge in [-0.05, 0) is 38.5 Å².